The Kier molecular flexibility index (Phi) is 3.98. The molecule has 2 rings (SSSR count). The van der Waals surface area contributed by atoms with E-state index in [-0.39, 0.29) is 11.7 Å². The molecule has 0 spiro atoms. The van der Waals surface area contributed by atoms with Crippen LogP contribution in [0.15, 0.2) is 0 Å². The number of hydrogen-bond acceptors (Lipinski definition) is 3. The summed E-state index contributed by atoms with van der Waals surface area (Å²) in [5, 5.41) is 10.5. The lowest BCUT2D eigenvalue weighted by atomic mass is 9.80. The molecule has 3 nitrogen and oxygen atoms in total. The van der Waals surface area contributed by atoms with Crippen LogP contribution in [0.4, 0.5) is 0 Å². The molecule has 1 aliphatic heterocycles. The van der Waals surface area contributed by atoms with Gasteiger partial charge in [0.05, 0.1) is 0 Å². The molecule has 0 radical (unpaired) electrons. The number of carbonyl (C=O) groups excluding carboxylic acids is 1. The average Bonchev–Trinajstić information content (AvgIpc) is 2.55. The van der Waals surface area contributed by atoms with Crippen molar-refractivity contribution in [1.82, 2.24) is 0 Å². The first kappa shape index (κ1) is 12.1. The van der Waals surface area contributed by atoms with E-state index >= 15 is 0 Å². The Labute approximate surface area is 97.2 Å². The van der Waals surface area contributed by atoms with E-state index in [1.54, 1.807) is 0 Å². The van der Waals surface area contributed by atoms with Crippen LogP contribution >= 0.6 is 0 Å². The smallest absolute Gasteiger partial charge is 0.167 e. The fourth-order valence-electron chi connectivity index (χ4n) is 2.90. The van der Waals surface area contributed by atoms with Gasteiger partial charge in [0.15, 0.2) is 5.78 Å². The van der Waals surface area contributed by atoms with E-state index in [9.17, 15) is 9.90 Å². The third kappa shape index (κ3) is 2.64. The molecule has 0 bridgehead atoms. The molecule has 92 valence electrons. The number of carbonyl (C=O) groups is 1. The van der Waals surface area contributed by atoms with Crippen LogP contribution in [0.2, 0.25) is 0 Å². The third-order valence-electron chi connectivity index (χ3n) is 3.98. The largest absolute Gasteiger partial charge is 0.382 e. The fraction of sp³-hybridized carbons (Fsp3) is 0.923. The molecule has 0 aromatic heterocycles. The van der Waals surface area contributed by atoms with Gasteiger partial charge in [-0.15, -0.1) is 0 Å². The number of ketones is 1. The molecule has 2 fully saturated rings. The normalized spacial score (nSPS) is 27.3. The fourth-order valence-corrected chi connectivity index (χ4v) is 2.90. The van der Waals surface area contributed by atoms with Crippen LogP contribution in [0.5, 0.6) is 0 Å². The Hall–Kier alpha value is -0.410. The maximum atomic E-state index is 12.3. The summed E-state index contributed by atoms with van der Waals surface area (Å²) >= 11 is 0. The molecule has 0 atom stereocenters. The highest BCUT2D eigenvalue weighted by molar-refractivity contribution is 5.89. The van der Waals surface area contributed by atoms with Crippen molar-refractivity contribution in [2.75, 3.05) is 13.2 Å². The number of rotatable bonds is 2. The van der Waals surface area contributed by atoms with Crippen LogP contribution in [-0.2, 0) is 9.53 Å². The van der Waals surface area contributed by atoms with Crippen molar-refractivity contribution in [3.05, 3.63) is 0 Å². The summed E-state index contributed by atoms with van der Waals surface area (Å²) in [4.78, 5) is 12.3. The highest BCUT2D eigenvalue weighted by Crippen LogP contribution is 2.32. The summed E-state index contributed by atoms with van der Waals surface area (Å²) < 4.78 is 5.26. The van der Waals surface area contributed by atoms with E-state index in [0.717, 1.165) is 38.5 Å². The predicted octanol–water partition coefficient (Wildman–Crippen LogP) is 2.07. The van der Waals surface area contributed by atoms with Crippen molar-refractivity contribution in [3.63, 3.8) is 0 Å². The molecule has 0 aromatic carbocycles. The number of Topliss-reactive ketones (excluding diaryl/α,β-unsaturated/α-hetero) is 1. The molecular weight excluding hydrogens is 204 g/mol. The zero-order valence-corrected chi connectivity index (χ0v) is 9.91. The van der Waals surface area contributed by atoms with Gasteiger partial charge in [-0.1, -0.05) is 25.7 Å². The zero-order valence-electron chi connectivity index (χ0n) is 9.91. The van der Waals surface area contributed by atoms with Gasteiger partial charge in [0.1, 0.15) is 5.60 Å². The maximum Gasteiger partial charge on any atom is 0.167 e. The highest BCUT2D eigenvalue weighted by atomic mass is 16.5. The molecule has 1 saturated carbocycles. The Morgan fingerprint density at radius 2 is 1.62 bits per heavy atom. The van der Waals surface area contributed by atoms with Gasteiger partial charge >= 0.3 is 0 Å². The molecule has 16 heavy (non-hydrogen) atoms. The first-order valence-electron chi connectivity index (χ1n) is 6.57. The predicted molar refractivity (Wildman–Crippen MR) is 61.2 cm³/mol. The van der Waals surface area contributed by atoms with Crippen molar-refractivity contribution in [1.29, 1.82) is 0 Å². The molecule has 0 amide bonds. The van der Waals surface area contributed by atoms with Gasteiger partial charge in [-0.05, 0) is 25.7 Å². The van der Waals surface area contributed by atoms with Gasteiger partial charge in [0, 0.05) is 19.1 Å². The zero-order chi connectivity index (χ0) is 11.4. The van der Waals surface area contributed by atoms with Crippen LogP contribution in [0.3, 0.4) is 0 Å². The van der Waals surface area contributed by atoms with Crippen molar-refractivity contribution < 1.29 is 14.6 Å². The van der Waals surface area contributed by atoms with E-state index < -0.39 is 5.60 Å². The van der Waals surface area contributed by atoms with E-state index in [1.165, 1.54) is 0 Å². The molecule has 0 aromatic rings. The minimum Gasteiger partial charge on any atom is -0.382 e. The first-order valence-corrected chi connectivity index (χ1v) is 6.57. The van der Waals surface area contributed by atoms with Crippen LogP contribution in [-0.4, -0.2) is 29.7 Å². The first-order chi connectivity index (χ1) is 7.72. The second-order valence-electron chi connectivity index (χ2n) is 5.20. The summed E-state index contributed by atoms with van der Waals surface area (Å²) in [6.07, 6.45) is 7.22. The molecule has 1 aliphatic carbocycles. The number of hydrogen-bond donors (Lipinski definition) is 1. The minimum absolute atomic E-state index is 0.0388. The summed E-state index contributed by atoms with van der Waals surface area (Å²) in [7, 11) is 0. The van der Waals surface area contributed by atoms with Gasteiger partial charge in [-0.3, -0.25) is 4.79 Å². The Balaban J connectivity index is 1.99. The van der Waals surface area contributed by atoms with Crippen molar-refractivity contribution in [3.8, 4) is 0 Å². The lowest BCUT2D eigenvalue weighted by Crippen LogP contribution is -2.43. The van der Waals surface area contributed by atoms with Gasteiger partial charge in [-0.2, -0.15) is 0 Å². The van der Waals surface area contributed by atoms with E-state index in [1.807, 2.05) is 0 Å². The monoisotopic (exact) mass is 226 g/mol. The molecule has 1 N–H and O–H groups in total. The number of ether oxygens (including phenoxy) is 1. The van der Waals surface area contributed by atoms with Crippen LogP contribution in [0, 0.1) is 5.92 Å². The van der Waals surface area contributed by atoms with Crippen LogP contribution in [0.25, 0.3) is 0 Å². The lowest BCUT2D eigenvalue weighted by molar-refractivity contribution is -0.146. The Morgan fingerprint density at radius 1 is 1.06 bits per heavy atom. The topological polar surface area (TPSA) is 46.5 Å². The van der Waals surface area contributed by atoms with Crippen molar-refractivity contribution in [2.45, 2.75) is 57.0 Å². The van der Waals surface area contributed by atoms with Crippen LogP contribution in [0.1, 0.15) is 51.4 Å². The molecule has 2 aliphatic rings. The number of aliphatic hydroxyl groups is 1. The molecular formula is C13H22O3. The van der Waals surface area contributed by atoms with Crippen LogP contribution < -0.4 is 0 Å². The molecule has 1 saturated heterocycles. The maximum absolute atomic E-state index is 12.3. The average molecular weight is 226 g/mol. The summed E-state index contributed by atoms with van der Waals surface area (Å²) in [5.74, 6) is 0.134. The summed E-state index contributed by atoms with van der Waals surface area (Å²) in [5.41, 5.74) is -1.02. The molecule has 0 unspecified atom stereocenters. The van der Waals surface area contributed by atoms with Crippen molar-refractivity contribution in [2.24, 2.45) is 5.92 Å². The van der Waals surface area contributed by atoms with Gasteiger partial charge in [0.25, 0.3) is 0 Å². The van der Waals surface area contributed by atoms with Gasteiger partial charge in [0.2, 0.25) is 0 Å². The van der Waals surface area contributed by atoms with E-state index in [0.29, 0.717) is 26.1 Å². The minimum atomic E-state index is -1.02. The second kappa shape index (κ2) is 5.28. The molecule has 1 heterocycles. The second-order valence-corrected chi connectivity index (χ2v) is 5.20. The Morgan fingerprint density at radius 3 is 2.19 bits per heavy atom. The Bertz CT molecular complexity index is 236. The van der Waals surface area contributed by atoms with Gasteiger partial charge in [-0.25, -0.2) is 0 Å². The quantitative estimate of drug-likeness (QED) is 0.733. The van der Waals surface area contributed by atoms with Gasteiger partial charge < -0.3 is 9.84 Å². The van der Waals surface area contributed by atoms with E-state index in [4.69, 9.17) is 4.74 Å². The SMILES string of the molecule is O=C(C1CCOCC1)C1(O)CCCCCC1. The molecule has 3 heteroatoms. The standard InChI is InChI=1S/C13H22O3/c14-12(11-5-9-16-10-6-11)13(15)7-3-1-2-4-8-13/h11,15H,1-10H2. The summed E-state index contributed by atoms with van der Waals surface area (Å²) in [6.45, 7) is 1.35. The lowest BCUT2D eigenvalue weighted by Gasteiger charge is -2.31. The van der Waals surface area contributed by atoms with E-state index in [2.05, 4.69) is 0 Å². The third-order valence-corrected chi connectivity index (χ3v) is 3.98. The van der Waals surface area contributed by atoms with Crippen molar-refractivity contribution >= 4 is 5.78 Å². The highest BCUT2D eigenvalue weighted by Gasteiger charge is 2.40. The summed E-state index contributed by atoms with van der Waals surface area (Å²) in [6, 6.07) is 0.